The van der Waals surface area contributed by atoms with Crippen molar-refractivity contribution in [3.8, 4) is 0 Å². The number of aliphatic carboxylic acids is 1. The van der Waals surface area contributed by atoms with Crippen molar-refractivity contribution >= 4 is 23.7 Å². The highest BCUT2D eigenvalue weighted by molar-refractivity contribution is 5.92. The number of carboxylic acid groups (broad SMARTS) is 1. The van der Waals surface area contributed by atoms with Crippen LogP contribution >= 0.6 is 0 Å². The molecule has 5 N–H and O–H groups in total. The van der Waals surface area contributed by atoms with Gasteiger partial charge in [0.2, 0.25) is 17.7 Å². The molecule has 1 aliphatic rings. The van der Waals surface area contributed by atoms with Crippen molar-refractivity contribution in [2.24, 2.45) is 5.73 Å². The van der Waals surface area contributed by atoms with E-state index in [-0.39, 0.29) is 25.2 Å². The van der Waals surface area contributed by atoms with Gasteiger partial charge in [0.1, 0.15) is 12.1 Å². The second kappa shape index (κ2) is 5.99. The van der Waals surface area contributed by atoms with E-state index in [1.165, 1.54) is 0 Å². The van der Waals surface area contributed by atoms with Crippen molar-refractivity contribution in [3.63, 3.8) is 0 Å². The lowest BCUT2D eigenvalue weighted by molar-refractivity contribution is -0.142. The lowest BCUT2D eigenvalue weighted by Crippen LogP contribution is -2.49. The van der Waals surface area contributed by atoms with Crippen molar-refractivity contribution in [3.05, 3.63) is 0 Å². The van der Waals surface area contributed by atoms with Gasteiger partial charge in [0.05, 0.1) is 0 Å². The van der Waals surface area contributed by atoms with Gasteiger partial charge in [-0.15, -0.1) is 0 Å². The molecule has 0 aromatic rings. The molecule has 0 aliphatic carbocycles. The van der Waals surface area contributed by atoms with E-state index < -0.39 is 29.9 Å². The lowest BCUT2D eigenvalue weighted by atomic mass is 10.1. The predicted octanol–water partition coefficient (Wildman–Crippen LogP) is -1.90. The molecule has 1 rings (SSSR count). The van der Waals surface area contributed by atoms with E-state index in [0.29, 0.717) is 6.42 Å². The van der Waals surface area contributed by atoms with Crippen LogP contribution in [-0.2, 0) is 19.2 Å². The number of carboxylic acids is 1. The standard InChI is InChI=1S/C10H15N3O5/c11-7(14)3-1-6(10(17)18)13-9(16)5-2-4-8(15)12-5/h5-6H,1-4H2,(H2,11,14)(H,12,15)(H,13,16)(H,17,18)/t5-,6+/m1/s1. The summed E-state index contributed by atoms with van der Waals surface area (Å²) in [7, 11) is 0. The number of carbonyl (C=O) groups excluding carboxylic acids is 3. The van der Waals surface area contributed by atoms with E-state index in [9.17, 15) is 19.2 Å². The highest BCUT2D eigenvalue weighted by Gasteiger charge is 2.30. The van der Waals surface area contributed by atoms with E-state index in [2.05, 4.69) is 10.6 Å². The van der Waals surface area contributed by atoms with E-state index in [1.807, 2.05) is 0 Å². The van der Waals surface area contributed by atoms with Gasteiger partial charge in [-0.25, -0.2) is 4.79 Å². The molecule has 0 aromatic carbocycles. The molecule has 8 nitrogen and oxygen atoms in total. The molecule has 0 spiro atoms. The number of amides is 3. The Bertz CT molecular complexity index is 382. The molecule has 8 heteroatoms. The van der Waals surface area contributed by atoms with Gasteiger partial charge in [-0.1, -0.05) is 0 Å². The van der Waals surface area contributed by atoms with E-state index in [0.717, 1.165) is 0 Å². The van der Waals surface area contributed by atoms with Crippen LogP contribution < -0.4 is 16.4 Å². The molecular weight excluding hydrogens is 242 g/mol. The molecule has 2 atom stereocenters. The molecule has 1 saturated heterocycles. The molecule has 0 aromatic heterocycles. The fraction of sp³-hybridized carbons (Fsp3) is 0.600. The monoisotopic (exact) mass is 257 g/mol. The second-order valence-corrected chi connectivity index (χ2v) is 4.06. The number of hydrogen-bond donors (Lipinski definition) is 4. The smallest absolute Gasteiger partial charge is 0.326 e. The highest BCUT2D eigenvalue weighted by Crippen LogP contribution is 2.07. The average molecular weight is 257 g/mol. The zero-order valence-electron chi connectivity index (χ0n) is 9.64. The molecule has 1 fully saturated rings. The molecule has 1 aliphatic heterocycles. The number of rotatable bonds is 6. The van der Waals surface area contributed by atoms with Crippen LogP contribution in [0.25, 0.3) is 0 Å². The first-order chi connectivity index (χ1) is 8.40. The molecular formula is C10H15N3O5. The first-order valence-electron chi connectivity index (χ1n) is 5.51. The fourth-order valence-electron chi connectivity index (χ4n) is 1.63. The SMILES string of the molecule is NC(=O)CC[C@H](NC(=O)[C@H]1CCC(=O)N1)C(=O)O. The van der Waals surface area contributed by atoms with Gasteiger partial charge in [0, 0.05) is 12.8 Å². The zero-order valence-corrected chi connectivity index (χ0v) is 9.64. The number of primary amides is 1. The highest BCUT2D eigenvalue weighted by atomic mass is 16.4. The number of nitrogens with one attached hydrogen (secondary N) is 2. The first-order valence-corrected chi connectivity index (χ1v) is 5.51. The maximum Gasteiger partial charge on any atom is 0.326 e. The van der Waals surface area contributed by atoms with Gasteiger partial charge in [0.15, 0.2) is 0 Å². The van der Waals surface area contributed by atoms with Crippen LogP contribution in [0.1, 0.15) is 25.7 Å². The molecule has 0 unspecified atom stereocenters. The van der Waals surface area contributed by atoms with Crippen molar-refractivity contribution < 1.29 is 24.3 Å². The van der Waals surface area contributed by atoms with Crippen LogP contribution in [-0.4, -0.2) is 40.9 Å². The zero-order chi connectivity index (χ0) is 13.7. The predicted molar refractivity (Wildman–Crippen MR) is 59.2 cm³/mol. The van der Waals surface area contributed by atoms with Crippen molar-refractivity contribution in [2.75, 3.05) is 0 Å². The third kappa shape index (κ3) is 4.04. The molecule has 18 heavy (non-hydrogen) atoms. The van der Waals surface area contributed by atoms with E-state index in [1.54, 1.807) is 0 Å². The van der Waals surface area contributed by atoms with E-state index >= 15 is 0 Å². The first kappa shape index (κ1) is 13.9. The van der Waals surface area contributed by atoms with Crippen LogP contribution in [0.15, 0.2) is 0 Å². The second-order valence-electron chi connectivity index (χ2n) is 4.06. The maximum absolute atomic E-state index is 11.6. The third-order valence-corrected chi connectivity index (χ3v) is 2.61. The van der Waals surface area contributed by atoms with Crippen LogP contribution in [0.2, 0.25) is 0 Å². The molecule has 0 bridgehead atoms. The molecule has 0 radical (unpaired) electrons. The summed E-state index contributed by atoms with van der Waals surface area (Å²) in [4.78, 5) is 44.0. The van der Waals surface area contributed by atoms with Crippen molar-refractivity contribution in [2.45, 2.75) is 37.8 Å². The summed E-state index contributed by atoms with van der Waals surface area (Å²) in [6, 6.07) is -1.88. The summed E-state index contributed by atoms with van der Waals surface area (Å²) in [5, 5.41) is 13.6. The molecule has 100 valence electrons. The Labute approximate surface area is 103 Å². The normalized spacial score (nSPS) is 20.0. The van der Waals surface area contributed by atoms with Crippen LogP contribution in [0.3, 0.4) is 0 Å². The molecule has 0 saturated carbocycles. The minimum absolute atomic E-state index is 0.0723. The summed E-state index contributed by atoms with van der Waals surface area (Å²) in [6.45, 7) is 0. The topological polar surface area (TPSA) is 139 Å². The Kier molecular flexibility index (Phi) is 4.64. The number of nitrogens with two attached hydrogens (primary N) is 1. The summed E-state index contributed by atoms with van der Waals surface area (Å²) < 4.78 is 0. The van der Waals surface area contributed by atoms with Crippen LogP contribution in [0, 0.1) is 0 Å². The Morgan fingerprint density at radius 2 is 2.17 bits per heavy atom. The Balaban J connectivity index is 2.49. The minimum atomic E-state index is -1.24. The average Bonchev–Trinajstić information content (AvgIpc) is 2.70. The lowest BCUT2D eigenvalue weighted by Gasteiger charge is -2.16. The van der Waals surface area contributed by atoms with Crippen molar-refractivity contribution in [1.82, 2.24) is 10.6 Å². The Morgan fingerprint density at radius 3 is 2.61 bits per heavy atom. The quantitative estimate of drug-likeness (QED) is 0.440. The van der Waals surface area contributed by atoms with Gasteiger partial charge in [0.25, 0.3) is 0 Å². The van der Waals surface area contributed by atoms with Gasteiger partial charge in [-0.2, -0.15) is 0 Å². The van der Waals surface area contributed by atoms with Crippen LogP contribution in [0.4, 0.5) is 0 Å². The molecule has 3 amide bonds. The summed E-state index contributed by atoms with van der Waals surface area (Å²) >= 11 is 0. The number of carbonyl (C=O) groups is 4. The van der Waals surface area contributed by atoms with Crippen LogP contribution in [0.5, 0.6) is 0 Å². The number of hydrogen-bond acceptors (Lipinski definition) is 4. The van der Waals surface area contributed by atoms with Gasteiger partial charge in [-0.05, 0) is 12.8 Å². The molecule has 1 heterocycles. The summed E-state index contributed by atoms with van der Waals surface area (Å²) in [5.74, 6) is -2.67. The Hall–Kier alpha value is -2.12. The van der Waals surface area contributed by atoms with Gasteiger partial charge in [-0.3, -0.25) is 14.4 Å². The van der Waals surface area contributed by atoms with Gasteiger partial charge < -0.3 is 21.5 Å². The van der Waals surface area contributed by atoms with Crippen molar-refractivity contribution in [1.29, 1.82) is 0 Å². The fourth-order valence-corrected chi connectivity index (χ4v) is 1.63. The van der Waals surface area contributed by atoms with Gasteiger partial charge >= 0.3 is 5.97 Å². The largest absolute Gasteiger partial charge is 0.480 e. The summed E-state index contributed by atoms with van der Waals surface area (Å²) in [5.41, 5.74) is 4.91. The summed E-state index contributed by atoms with van der Waals surface area (Å²) in [6.07, 6.45) is 0.384. The Morgan fingerprint density at radius 1 is 1.50 bits per heavy atom. The third-order valence-electron chi connectivity index (χ3n) is 2.61. The minimum Gasteiger partial charge on any atom is -0.480 e. The maximum atomic E-state index is 11.6. The van der Waals surface area contributed by atoms with E-state index in [4.69, 9.17) is 10.8 Å².